The average Bonchev–Trinajstić information content (AvgIpc) is 2.76. The lowest BCUT2D eigenvalue weighted by atomic mass is 9.98. The molecule has 0 aliphatic carbocycles. The van der Waals surface area contributed by atoms with E-state index in [-0.39, 0.29) is 17.9 Å². The van der Waals surface area contributed by atoms with Gasteiger partial charge < -0.3 is 19.8 Å². The highest BCUT2D eigenvalue weighted by atomic mass is 16.5. The molecule has 1 aliphatic rings. The monoisotopic (exact) mass is 421 g/mol. The summed E-state index contributed by atoms with van der Waals surface area (Å²) in [6.07, 6.45) is 0.698. The molecule has 0 fully saturated rings. The lowest BCUT2D eigenvalue weighted by Crippen LogP contribution is -2.39. The van der Waals surface area contributed by atoms with Gasteiger partial charge in [0, 0.05) is 42.2 Å². The van der Waals surface area contributed by atoms with E-state index in [1.54, 1.807) is 32.4 Å². The maximum absolute atomic E-state index is 13.2. The number of carbonyl (C=O) groups excluding carboxylic acids is 1. The van der Waals surface area contributed by atoms with Crippen molar-refractivity contribution in [2.75, 3.05) is 32.6 Å². The van der Waals surface area contributed by atoms with E-state index < -0.39 is 0 Å². The standard InChI is InChI=1S/C24H27N3O4/c1-14-5-6-15(2)23-22(14)24(29)17-12-27(10-9-18(17)26-23)13-21(28)25-19-11-16(30-3)7-8-20(19)31-4/h5-8,11H,9-10,12-13H2,1-4H3,(H,25,28)(H,26,29). The Hall–Kier alpha value is -3.32. The van der Waals surface area contributed by atoms with Crippen LogP contribution in [0.25, 0.3) is 10.9 Å². The van der Waals surface area contributed by atoms with Gasteiger partial charge >= 0.3 is 0 Å². The zero-order valence-electron chi connectivity index (χ0n) is 18.3. The number of rotatable bonds is 5. The first-order valence-corrected chi connectivity index (χ1v) is 10.3. The van der Waals surface area contributed by atoms with Crippen molar-refractivity contribution in [3.63, 3.8) is 0 Å². The summed E-state index contributed by atoms with van der Waals surface area (Å²) < 4.78 is 10.6. The van der Waals surface area contributed by atoms with Gasteiger partial charge in [-0.05, 0) is 37.1 Å². The van der Waals surface area contributed by atoms with Crippen LogP contribution in [0.1, 0.15) is 22.4 Å². The van der Waals surface area contributed by atoms with Gasteiger partial charge in [0.15, 0.2) is 5.43 Å². The molecule has 1 aliphatic heterocycles. The van der Waals surface area contributed by atoms with Crippen molar-refractivity contribution in [3.05, 3.63) is 62.9 Å². The van der Waals surface area contributed by atoms with Crippen LogP contribution in [0.3, 0.4) is 0 Å². The molecule has 0 radical (unpaired) electrons. The summed E-state index contributed by atoms with van der Waals surface area (Å²) in [6.45, 7) is 5.29. The maximum atomic E-state index is 13.2. The fourth-order valence-corrected chi connectivity index (χ4v) is 4.17. The van der Waals surface area contributed by atoms with Crippen LogP contribution in [0.4, 0.5) is 5.69 Å². The molecule has 1 aromatic heterocycles. The topological polar surface area (TPSA) is 83.7 Å². The maximum Gasteiger partial charge on any atom is 0.238 e. The van der Waals surface area contributed by atoms with E-state index in [0.29, 0.717) is 36.7 Å². The summed E-state index contributed by atoms with van der Waals surface area (Å²) in [6, 6.07) is 9.27. The van der Waals surface area contributed by atoms with Crippen molar-refractivity contribution >= 4 is 22.5 Å². The molecule has 0 spiro atoms. The molecular formula is C24H27N3O4. The summed E-state index contributed by atoms with van der Waals surface area (Å²) in [5.41, 5.74) is 5.28. The predicted molar refractivity (Wildman–Crippen MR) is 121 cm³/mol. The number of H-pyrrole nitrogens is 1. The fraction of sp³-hybridized carbons (Fsp3) is 0.333. The van der Waals surface area contributed by atoms with Gasteiger partial charge in [-0.3, -0.25) is 14.5 Å². The second kappa shape index (κ2) is 8.43. The number of pyridine rings is 1. The average molecular weight is 421 g/mol. The van der Waals surface area contributed by atoms with Gasteiger partial charge in [-0.2, -0.15) is 0 Å². The summed E-state index contributed by atoms with van der Waals surface area (Å²) >= 11 is 0. The van der Waals surface area contributed by atoms with E-state index in [1.165, 1.54) is 0 Å². The van der Waals surface area contributed by atoms with E-state index in [4.69, 9.17) is 9.47 Å². The Bertz CT molecular complexity index is 1220. The van der Waals surface area contributed by atoms with E-state index in [9.17, 15) is 9.59 Å². The third-order valence-electron chi connectivity index (χ3n) is 5.87. The minimum Gasteiger partial charge on any atom is -0.497 e. The number of benzene rings is 2. The van der Waals surface area contributed by atoms with Crippen LogP contribution in [-0.2, 0) is 17.8 Å². The van der Waals surface area contributed by atoms with E-state index in [0.717, 1.165) is 33.3 Å². The number of aromatic nitrogens is 1. The van der Waals surface area contributed by atoms with Gasteiger partial charge in [-0.25, -0.2) is 0 Å². The molecule has 0 atom stereocenters. The molecule has 3 aromatic rings. The van der Waals surface area contributed by atoms with Gasteiger partial charge in [0.1, 0.15) is 11.5 Å². The van der Waals surface area contributed by atoms with Crippen LogP contribution in [-0.4, -0.2) is 43.1 Å². The van der Waals surface area contributed by atoms with Crippen LogP contribution in [0, 0.1) is 13.8 Å². The van der Waals surface area contributed by atoms with Crippen LogP contribution < -0.4 is 20.2 Å². The van der Waals surface area contributed by atoms with E-state index in [2.05, 4.69) is 10.3 Å². The van der Waals surface area contributed by atoms with Gasteiger partial charge in [0.25, 0.3) is 0 Å². The molecule has 0 saturated carbocycles. The van der Waals surface area contributed by atoms with Crippen LogP contribution in [0.2, 0.25) is 0 Å². The van der Waals surface area contributed by atoms with Crippen molar-refractivity contribution in [1.29, 1.82) is 0 Å². The molecule has 2 heterocycles. The summed E-state index contributed by atoms with van der Waals surface area (Å²) in [5, 5.41) is 3.64. The first-order valence-electron chi connectivity index (χ1n) is 10.3. The molecule has 2 aromatic carbocycles. The zero-order valence-corrected chi connectivity index (χ0v) is 18.3. The second-order valence-corrected chi connectivity index (χ2v) is 7.94. The van der Waals surface area contributed by atoms with E-state index >= 15 is 0 Å². The molecule has 0 saturated heterocycles. The molecule has 0 unspecified atom stereocenters. The van der Waals surface area contributed by atoms with Crippen LogP contribution in [0.5, 0.6) is 11.5 Å². The van der Waals surface area contributed by atoms with Crippen molar-refractivity contribution < 1.29 is 14.3 Å². The number of ether oxygens (including phenoxy) is 2. The number of nitrogens with one attached hydrogen (secondary N) is 2. The number of hydrogen-bond acceptors (Lipinski definition) is 5. The molecule has 1 amide bonds. The SMILES string of the molecule is COc1ccc(OC)c(NC(=O)CN2CCc3[nH]c4c(C)ccc(C)c4c(=O)c3C2)c1. The van der Waals surface area contributed by atoms with Crippen molar-refractivity contribution in [3.8, 4) is 11.5 Å². The van der Waals surface area contributed by atoms with Crippen molar-refractivity contribution in [1.82, 2.24) is 9.88 Å². The number of nitrogens with zero attached hydrogens (tertiary/aromatic N) is 1. The summed E-state index contributed by atoms with van der Waals surface area (Å²) in [7, 11) is 3.13. The third kappa shape index (κ3) is 4.01. The lowest BCUT2D eigenvalue weighted by Gasteiger charge is -2.28. The molecule has 7 heteroatoms. The zero-order chi connectivity index (χ0) is 22.1. The third-order valence-corrected chi connectivity index (χ3v) is 5.87. The highest BCUT2D eigenvalue weighted by molar-refractivity contribution is 5.94. The fourth-order valence-electron chi connectivity index (χ4n) is 4.17. The number of hydrogen-bond donors (Lipinski definition) is 2. The Morgan fingerprint density at radius 3 is 2.65 bits per heavy atom. The number of fused-ring (bicyclic) bond motifs is 2. The Kier molecular flexibility index (Phi) is 5.69. The predicted octanol–water partition coefficient (Wildman–Crippen LogP) is 3.16. The Morgan fingerprint density at radius 2 is 1.90 bits per heavy atom. The number of aryl methyl sites for hydroxylation is 2. The summed E-state index contributed by atoms with van der Waals surface area (Å²) in [4.78, 5) is 31.4. The first-order chi connectivity index (χ1) is 14.9. The van der Waals surface area contributed by atoms with E-state index in [1.807, 2.05) is 30.9 Å². The lowest BCUT2D eigenvalue weighted by molar-refractivity contribution is -0.117. The highest BCUT2D eigenvalue weighted by Crippen LogP contribution is 2.29. The number of amides is 1. The number of anilines is 1. The van der Waals surface area contributed by atoms with Crippen molar-refractivity contribution in [2.45, 2.75) is 26.8 Å². The van der Waals surface area contributed by atoms with Crippen LogP contribution in [0.15, 0.2) is 35.1 Å². The Balaban J connectivity index is 1.55. The minimum absolute atomic E-state index is 0.0597. The number of aromatic amines is 1. The van der Waals surface area contributed by atoms with Gasteiger partial charge in [-0.15, -0.1) is 0 Å². The molecule has 2 N–H and O–H groups in total. The molecule has 0 bridgehead atoms. The Morgan fingerprint density at radius 1 is 1.13 bits per heavy atom. The largest absolute Gasteiger partial charge is 0.497 e. The second-order valence-electron chi connectivity index (χ2n) is 7.94. The van der Waals surface area contributed by atoms with Gasteiger partial charge in [0.05, 0.1) is 32.0 Å². The van der Waals surface area contributed by atoms with Gasteiger partial charge in [0.2, 0.25) is 5.91 Å². The molecule has 4 rings (SSSR count). The molecular weight excluding hydrogens is 394 g/mol. The van der Waals surface area contributed by atoms with Gasteiger partial charge in [-0.1, -0.05) is 12.1 Å². The molecule has 7 nitrogen and oxygen atoms in total. The number of carbonyl (C=O) groups is 1. The highest BCUT2D eigenvalue weighted by Gasteiger charge is 2.23. The quantitative estimate of drug-likeness (QED) is 0.661. The number of methoxy groups -OCH3 is 2. The Labute approximate surface area is 181 Å². The summed E-state index contributed by atoms with van der Waals surface area (Å²) in [5.74, 6) is 1.03. The smallest absolute Gasteiger partial charge is 0.238 e. The minimum atomic E-state index is -0.167. The first kappa shape index (κ1) is 20.9. The normalized spacial score (nSPS) is 13.7. The molecule has 31 heavy (non-hydrogen) atoms. The van der Waals surface area contributed by atoms with Crippen molar-refractivity contribution in [2.24, 2.45) is 0 Å². The van der Waals surface area contributed by atoms with Crippen LogP contribution >= 0.6 is 0 Å². The molecule has 162 valence electrons.